The molecule has 6 heteroatoms. The van der Waals surface area contributed by atoms with Gasteiger partial charge in [-0.2, -0.15) is 0 Å². The van der Waals surface area contributed by atoms with E-state index in [9.17, 15) is 0 Å². The van der Waals surface area contributed by atoms with Crippen LogP contribution in [0.4, 0.5) is 27.1 Å². The molecule has 0 saturated heterocycles. The second-order valence-electron chi connectivity index (χ2n) is 19.3. The predicted octanol–water partition coefficient (Wildman–Crippen LogP) is 18.3. The van der Waals surface area contributed by atoms with Gasteiger partial charge in [0.25, 0.3) is 0 Å². The number of anilines is 4. The number of hydrogen-bond acceptors (Lipinski definition) is 4. The van der Waals surface area contributed by atoms with Crippen molar-refractivity contribution in [3.05, 3.63) is 242 Å². The van der Waals surface area contributed by atoms with Crippen LogP contribution in [0.15, 0.2) is 225 Å². The van der Waals surface area contributed by atoms with Gasteiger partial charge in [-0.3, -0.25) is 4.57 Å². The molecule has 9 aromatic carbocycles. The van der Waals surface area contributed by atoms with Crippen LogP contribution >= 0.6 is 0 Å². The average molecular weight is 937 g/mol. The summed E-state index contributed by atoms with van der Waals surface area (Å²) in [7, 11) is 0. The van der Waals surface area contributed by atoms with Gasteiger partial charge in [0.15, 0.2) is 0 Å². The lowest BCUT2D eigenvalue weighted by molar-refractivity contribution is 0.483. The first-order valence-electron chi connectivity index (χ1n) is 24.9. The number of ether oxygens (including phenoxy) is 1. The topological polar surface area (TPSA) is 33.5 Å². The smallest absolute Gasteiger partial charge is 0.137 e. The lowest BCUT2D eigenvalue weighted by Gasteiger charge is -2.30. The van der Waals surface area contributed by atoms with Crippen LogP contribution in [0.3, 0.4) is 0 Å². The molecule has 0 atom stereocenters. The van der Waals surface area contributed by atoms with Crippen LogP contribution in [0.25, 0.3) is 72.1 Å². The minimum atomic E-state index is -0.217. The highest BCUT2D eigenvalue weighted by Crippen LogP contribution is 2.51. The van der Waals surface area contributed by atoms with Crippen molar-refractivity contribution in [2.75, 3.05) is 16.5 Å². The number of hydrogen-bond donors (Lipinski definition) is 0. The van der Waals surface area contributed by atoms with E-state index in [2.05, 4.69) is 218 Å². The fraction of sp³-hybridized carbons (Fsp3) is 0.106. The monoisotopic (exact) mass is 936 g/mol. The van der Waals surface area contributed by atoms with Crippen molar-refractivity contribution in [2.45, 2.75) is 39.5 Å². The largest absolute Gasteiger partial charge is 0.457 e. The fourth-order valence-corrected chi connectivity index (χ4v) is 10.6. The van der Waals surface area contributed by atoms with Gasteiger partial charge in [-0.05, 0) is 153 Å². The number of nitrogens with zero attached hydrogens (tertiary/aromatic N) is 4. The van der Waals surface area contributed by atoms with E-state index in [-0.39, 0.29) is 17.7 Å². The van der Waals surface area contributed by atoms with Gasteiger partial charge >= 0.3 is 0 Å². The third-order valence-electron chi connectivity index (χ3n) is 14.1. The molecule has 12 rings (SSSR count). The molecular weight excluding hydrogens is 884 g/mol. The quantitative estimate of drug-likeness (QED) is 0.129. The van der Waals surface area contributed by atoms with Crippen LogP contribution < -0.4 is 14.5 Å². The van der Waals surface area contributed by atoms with E-state index in [0.29, 0.717) is 18.0 Å². The fourth-order valence-electron chi connectivity index (χ4n) is 10.6. The van der Waals surface area contributed by atoms with Gasteiger partial charge in [-0.25, -0.2) is 9.37 Å². The summed E-state index contributed by atoms with van der Waals surface area (Å²) in [4.78, 5) is 9.66. The van der Waals surface area contributed by atoms with E-state index in [1.165, 1.54) is 16.8 Å². The Balaban J connectivity index is 1.04. The zero-order valence-corrected chi connectivity index (χ0v) is 40.8. The third kappa shape index (κ3) is 8.15. The summed E-state index contributed by atoms with van der Waals surface area (Å²) >= 11 is 0. The van der Waals surface area contributed by atoms with Crippen molar-refractivity contribution in [3.8, 4) is 61.8 Å². The summed E-state index contributed by atoms with van der Waals surface area (Å²) in [6.45, 7) is 9.50. The molecule has 1 aliphatic heterocycles. The van der Waals surface area contributed by atoms with Crippen molar-refractivity contribution < 1.29 is 9.13 Å². The summed E-state index contributed by atoms with van der Waals surface area (Å²) in [5.41, 5.74) is 17.0. The lowest BCUT2D eigenvalue weighted by Crippen LogP contribution is -2.26. The number of para-hydroxylation sites is 3. The third-order valence-corrected chi connectivity index (χ3v) is 14.1. The molecule has 11 aromatic rings. The summed E-state index contributed by atoms with van der Waals surface area (Å²) in [6, 6.07) is 75.8. The molecule has 2 aromatic heterocycles. The molecule has 0 bridgehead atoms. The second-order valence-corrected chi connectivity index (χ2v) is 19.3. The van der Waals surface area contributed by atoms with Crippen LogP contribution in [-0.4, -0.2) is 16.2 Å². The molecule has 0 saturated carbocycles. The van der Waals surface area contributed by atoms with Crippen molar-refractivity contribution in [1.82, 2.24) is 9.55 Å². The average Bonchev–Trinajstić information content (AvgIpc) is 3.97. The van der Waals surface area contributed by atoms with Gasteiger partial charge < -0.3 is 14.5 Å². The highest BCUT2D eigenvalue weighted by atomic mass is 19.1. The van der Waals surface area contributed by atoms with E-state index in [0.717, 1.165) is 89.4 Å². The molecule has 0 radical (unpaired) electrons. The van der Waals surface area contributed by atoms with Crippen LogP contribution in [0.5, 0.6) is 11.5 Å². The van der Waals surface area contributed by atoms with Gasteiger partial charge in [-0.1, -0.05) is 143 Å². The zero-order valence-electron chi connectivity index (χ0n) is 40.8. The predicted molar refractivity (Wildman–Crippen MR) is 297 cm³/mol. The summed E-state index contributed by atoms with van der Waals surface area (Å²) in [5, 5.41) is 2.28. The van der Waals surface area contributed by atoms with Crippen molar-refractivity contribution in [3.63, 3.8) is 0 Å². The SMILES string of the molecule is CC(C)c1cc(-c2ccccc2F)cc(C(C)C)c1N1CN(c2cc(Oc3ccc4c5ccccc5n(-c5ccccn5)c4c3)cc(-c3cc(-c4ccccc4)cc(-c4ccccc4)c3)c2)c2ccccc21. The Labute approximate surface area is 420 Å². The number of aromatic nitrogens is 2. The van der Waals surface area contributed by atoms with Gasteiger partial charge in [-0.15, -0.1) is 0 Å². The van der Waals surface area contributed by atoms with Crippen LogP contribution in [-0.2, 0) is 0 Å². The molecule has 0 fully saturated rings. The summed E-state index contributed by atoms with van der Waals surface area (Å²) < 4.78 is 24.8. The Hall–Kier alpha value is -8.74. The molecule has 1 aliphatic rings. The Morgan fingerprint density at radius 3 is 1.67 bits per heavy atom. The molecule has 0 unspecified atom stereocenters. The normalized spacial score (nSPS) is 12.4. The Morgan fingerprint density at radius 1 is 0.444 bits per heavy atom. The van der Waals surface area contributed by atoms with E-state index in [1.807, 2.05) is 36.5 Å². The maximum absolute atomic E-state index is 15.5. The van der Waals surface area contributed by atoms with E-state index < -0.39 is 0 Å². The zero-order chi connectivity index (χ0) is 48.9. The van der Waals surface area contributed by atoms with Gasteiger partial charge in [0.1, 0.15) is 29.8 Å². The van der Waals surface area contributed by atoms with Crippen molar-refractivity contribution in [2.24, 2.45) is 0 Å². The molecule has 350 valence electrons. The maximum atomic E-state index is 15.5. The molecule has 0 N–H and O–H groups in total. The molecule has 5 nitrogen and oxygen atoms in total. The number of benzene rings is 9. The highest BCUT2D eigenvalue weighted by molar-refractivity contribution is 6.09. The molecule has 3 heterocycles. The van der Waals surface area contributed by atoms with Crippen molar-refractivity contribution >= 4 is 44.6 Å². The van der Waals surface area contributed by atoms with Crippen LogP contribution in [0.1, 0.15) is 50.7 Å². The summed E-state index contributed by atoms with van der Waals surface area (Å²) in [5.74, 6) is 2.39. The number of rotatable bonds is 11. The summed E-state index contributed by atoms with van der Waals surface area (Å²) in [6.07, 6.45) is 1.84. The molecule has 0 amide bonds. The Kier molecular flexibility index (Phi) is 11.5. The first kappa shape index (κ1) is 44.5. The van der Waals surface area contributed by atoms with Gasteiger partial charge in [0.2, 0.25) is 0 Å². The van der Waals surface area contributed by atoms with E-state index in [1.54, 1.807) is 12.1 Å². The maximum Gasteiger partial charge on any atom is 0.137 e. The minimum Gasteiger partial charge on any atom is -0.457 e. The molecular formula is C66H53FN4O. The first-order valence-corrected chi connectivity index (χ1v) is 24.9. The van der Waals surface area contributed by atoms with E-state index in [4.69, 9.17) is 9.72 Å². The van der Waals surface area contributed by atoms with Gasteiger partial charge in [0.05, 0.1) is 22.4 Å². The second kappa shape index (κ2) is 18.5. The molecule has 0 aliphatic carbocycles. The number of pyridine rings is 1. The standard InChI is InChI=1S/C66H53FN4O/c1-43(2)58-38-51(55-23-11-13-25-60(55)67)39-59(44(3)4)66(58)70-42-69(62-27-15-16-28-63(62)70)52-36-50(49-34-47(45-19-7-5-8-20-45)33-48(35-49)46-21-9-6-10-22-46)37-54(40-52)72-53-30-31-57-56-24-12-14-26-61(56)71(64(57)41-53)65-29-17-18-32-68-65/h5-41,43-44H,42H2,1-4H3. The minimum absolute atomic E-state index is 0.165. The molecule has 72 heavy (non-hydrogen) atoms. The number of fused-ring (bicyclic) bond motifs is 4. The number of halogens is 1. The lowest BCUT2D eigenvalue weighted by atomic mass is 9.87. The van der Waals surface area contributed by atoms with Crippen LogP contribution in [0, 0.1) is 5.82 Å². The first-order chi connectivity index (χ1) is 35.3. The highest BCUT2D eigenvalue weighted by Gasteiger charge is 2.33. The van der Waals surface area contributed by atoms with Crippen molar-refractivity contribution in [1.29, 1.82) is 0 Å². The van der Waals surface area contributed by atoms with Crippen LogP contribution in [0.2, 0.25) is 0 Å². The van der Waals surface area contributed by atoms with E-state index >= 15 is 4.39 Å². The van der Waals surface area contributed by atoms with Gasteiger partial charge in [0, 0.05) is 46.0 Å². The Bertz CT molecular complexity index is 3700. The molecule has 0 spiro atoms. The Morgan fingerprint density at radius 2 is 1.01 bits per heavy atom.